The lowest BCUT2D eigenvalue weighted by Crippen LogP contribution is -2.47. The minimum Gasteiger partial charge on any atom is -0.385 e. The van der Waals surface area contributed by atoms with E-state index in [0.29, 0.717) is 38.0 Å². The number of hydrogen-bond acceptors (Lipinski definition) is 6. The van der Waals surface area contributed by atoms with Crippen LogP contribution in [0.25, 0.3) is 0 Å². The quantitative estimate of drug-likeness (QED) is 0.507. The van der Waals surface area contributed by atoms with Gasteiger partial charge in [-0.25, -0.2) is 4.79 Å². The van der Waals surface area contributed by atoms with E-state index in [0.717, 1.165) is 19.3 Å². The van der Waals surface area contributed by atoms with Crippen molar-refractivity contribution in [3.8, 4) is 0 Å². The number of rotatable bonds is 9. The molecule has 1 saturated heterocycles. The summed E-state index contributed by atoms with van der Waals surface area (Å²) in [5.41, 5.74) is 4.99. The van der Waals surface area contributed by atoms with Gasteiger partial charge in [0.2, 0.25) is 11.8 Å². The van der Waals surface area contributed by atoms with Gasteiger partial charge >= 0.3 is 5.69 Å². The second-order valence-electron chi connectivity index (χ2n) is 10.6. The number of nitrogens with one attached hydrogen (secondary N) is 1. The Balaban J connectivity index is 1.92. The number of likely N-dealkylation sites (tertiary alicyclic amines) is 1. The molecule has 10 heteroatoms. The lowest BCUT2D eigenvalue weighted by molar-refractivity contribution is -0.132. The van der Waals surface area contributed by atoms with Crippen LogP contribution in [0.4, 0.5) is 11.5 Å². The van der Waals surface area contributed by atoms with E-state index in [4.69, 9.17) is 10.5 Å². The SMILES string of the molecule is COCCCN(C(=O)[C@@H]1CC(=O)N([C@@H]2CCC[C@@H](C)[C@H]2C)C1)c1c(N)n(CC(C)C)c(=O)[nH]c1=O. The summed E-state index contributed by atoms with van der Waals surface area (Å²) in [4.78, 5) is 57.7. The zero-order valence-corrected chi connectivity index (χ0v) is 21.7. The fourth-order valence-corrected chi connectivity index (χ4v) is 5.52. The molecule has 3 N–H and O–H groups in total. The Morgan fingerprint density at radius 2 is 1.94 bits per heavy atom. The summed E-state index contributed by atoms with van der Waals surface area (Å²) in [6.45, 7) is 9.51. The highest BCUT2D eigenvalue weighted by Gasteiger charge is 2.43. The first-order valence-electron chi connectivity index (χ1n) is 12.8. The number of anilines is 2. The number of nitrogens with two attached hydrogens (primary N) is 1. The van der Waals surface area contributed by atoms with Crippen LogP contribution in [0.2, 0.25) is 0 Å². The molecule has 1 aliphatic carbocycles. The number of ether oxygens (including phenoxy) is 1. The van der Waals surface area contributed by atoms with Crippen LogP contribution >= 0.6 is 0 Å². The second-order valence-corrected chi connectivity index (χ2v) is 10.6. The molecule has 1 aromatic rings. The molecule has 1 aliphatic heterocycles. The average molecular weight is 492 g/mol. The van der Waals surface area contributed by atoms with E-state index >= 15 is 0 Å². The summed E-state index contributed by atoms with van der Waals surface area (Å²) >= 11 is 0. The number of amides is 2. The topological polar surface area (TPSA) is 131 Å². The Kier molecular flexibility index (Phi) is 8.79. The Morgan fingerprint density at radius 1 is 1.23 bits per heavy atom. The van der Waals surface area contributed by atoms with E-state index in [1.54, 1.807) is 7.11 Å². The van der Waals surface area contributed by atoms with Gasteiger partial charge in [-0.1, -0.05) is 40.5 Å². The van der Waals surface area contributed by atoms with Crippen LogP contribution in [-0.4, -0.2) is 59.1 Å². The van der Waals surface area contributed by atoms with Gasteiger partial charge in [0.25, 0.3) is 5.56 Å². The molecule has 1 aromatic heterocycles. The number of aromatic amines is 1. The van der Waals surface area contributed by atoms with E-state index in [1.807, 2.05) is 18.7 Å². The molecular formula is C25H41N5O5. The normalized spacial score (nSPS) is 24.9. The monoisotopic (exact) mass is 491 g/mol. The van der Waals surface area contributed by atoms with Crippen LogP contribution in [0.3, 0.4) is 0 Å². The molecule has 2 heterocycles. The first-order valence-corrected chi connectivity index (χ1v) is 12.8. The van der Waals surface area contributed by atoms with Gasteiger partial charge in [0.1, 0.15) is 5.82 Å². The van der Waals surface area contributed by atoms with Crippen molar-refractivity contribution in [2.24, 2.45) is 23.7 Å². The highest BCUT2D eigenvalue weighted by Crippen LogP contribution is 2.36. The van der Waals surface area contributed by atoms with Gasteiger partial charge in [-0.2, -0.15) is 0 Å². The number of nitrogen functional groups attached to an aromatic ring is 1. The van der Waals surface area contributed by atoms with Crippen molar-refractivity contribution in [3.63, 3.8) is 0 Å². The molecule has 0 unspecified atom stereocenters. The highest BCUT2D eigenvalue weighted by molar-refractivity contribution is 6.00. The third-order valence-electron chi connectivity index (χ3n) is 7.60. The summed E-state index contributed by atoms with van der Waals surface area (Å²) in [5, 5.41) is 0. The smallest absolute Gasteiger partial charge is 0.330 e. The molecule has 196 valence electrons. The number of hydrogen-bond donors (Lipinski definition) is 2. The van der Waals surface area contributed by atoms with E-state index in [1.165, 1.54) is 9.47 Å². The molecule has 2 fully saturated rings. The van der Waals surface area contributed by atoms with Crippen molar-refractivity contribution >= 4 is 23.3 Å². The Hall–Kier alpha value is -2.62. The van der Waals surface area contributed by atoms with Crippen LogP contribution in [-0.2, 0) is 20.9 Å². The van der Waals surface area contributed by atoms with Crippen LogP contribution < -0.4 is 21.9 Å². The number of nitrogens with zero attached hydrogens (tertiary/aromatic N) is 3. The first kappa shape index (κ1) is 27.0. The van der Waals surface area contributed by atoms with Crippen LogP contribution in [0.1, 0.15) is 59.8 Å². The van der Waals surface area contributed by atoms with E-state index in [9.17, 15) is 19.2 Å². The third-order valence-corrected chi connectivity index (χ3v) is 7.60. The molecule has 0 spiro atoms. The van der Waals surface area contributed by atoms with Crippen molar-refractivity contribution < 1.29 is 14.3 Å². The van der Waals surface area contributed by atoms with Crippen molar-refractivity contribution in [1.29, 1.82) is 0 Å². The molecule has 0 aromatic carbocycles. The maximum Gasteiger partial charge on any atom is 0.330 e. The number of methoxy groups -OCH3 is 1. The fourth-order valence-electron chi connectivity index (χ4n) is 5.52. The molecule has 2 aliphatic rings. The highest BCUT2D eigenvalue weighted by atomic mass is 16.5. The summed E-state index contributed by atoms with van der Waals surface area (Å²) in [7, 11) is 1.57. The minimum atomic E-state index is -0.700. The summed E-state index contributed by atoms with van der Waals surface area (Å²) < 4.78 is 6.45. The maximum absolute atomic E-state index is 13.8. The Labute approximate surface area is 206 Å². The second kappa shape index (κ2) is 11.4. The predicted molar refractivity (Wildman–Crippen MR) is 135 cm³/mol. The number of H-pyrrole nitrogens is 1. The molecule has 2 amide bonds. The van der Waals surface area contributed by atoms with Crippen molar-refractivity contribution in [3.05, 3.63) is 20.8 Å². The zero-order valence-electron chi connectivity index (χ0n) is 21.7. The van der Waals surface area contributed by atoms with Gasteiger partial charge in [0.05, 0.1) is 5.92 Å². The van der Waals surface area contributed by atoms with Crippen LogP contribution in [0.15, 0.2) is 9.59 Å². The number of aromatic nitrogens is 2. The van der Waals surface area contributed by atoms with E-state index in [2.05, 4.69) is 18.8 Å². The lowest BCUT2D eigenvalue weighted by Gasteiger charge is -2.40. The molecule has 0 bridgehead atoms. The standard InChI is InChI=1S/C25H41N5O5/c1-15(2)13-30-22(26)21(23(32)27-25(30)34)28(10-7-11-35-5)24(33)18-12-20(31)29(14-18)19-9-6-8-16(3)17(19)4/h15-19H,6-14,26H2,1-5H3,(H,27,32,34)/t16-,17-,18-,19-/m1/s1. The van der Waals surface area contributed by atoms with E-state index < -0.39 is 17.2 Å². The summed E-state index contributed by atoms with van der Waals surface area (Å²) in [5.74, 6) is 0.0676. The molecule has 10 nitrogen and oxygen atoms in total. The van der Waals surface area contributed by atoms with Gasteiger partial charge in [-0.3, -0.25) is 23.9 Å². The summed E-state index contributed by atoms with van der Waals surface area (Å²) in [6.07, 6.45) is 3.77. The Bertz CT molecular complexity index is 1030. The summed E-state index contributed by atoms with van der Waals surface area (Å²) in [6, 6.07) is 0.132. The van der Waals surface area contributed by atoms with Crippen molar-refractivity contribution in [2.75, 3.05) is 37.4 Å². The predicted octanol–water partition coefficient (Wildman–Crippen LogP) is 1.82. The van der Waals surface area contributed by atoms with Crippen molar-refractivity contribution in [2.45, 2.75) is 72.4 Å². The largest absolute Gasteiger partial charge is 0.385 e. The molecule has 1 saturated carbocycles. The molecule has 4 atom stereocenters. The van der Waals surface area contributed by atoms with Crippen molar-refractivity contribution in [1.82, 2.24) is 14.5 Å². The molecular weight excluding hydrogens is 450 g/mol. The minimum absolute atomic E-state index is 0.0159. The number of carbonyl (C=O) groups is 2. The van der Waals surface area contributed by atoms with E-state index in [-0.39, 0.29) is 48.2 Å². The third kappa shape index (κ3) is 5.79. The molecule has 3 rings (SSSR count). The maximum atomic E-state index is 13.8. The van der Waals surface area contributed by atoms with Gasteiger partial charge in [-0.15, -0.1) is 0 Å². The molecule has 35 heavy (non-hydrogen) atoms. The van der Waals surface area contributed by atoms with Gasteiger partial charge in [0.15, 0.2) is 5.69 Å². The van der Waals surface area contributed by atoms with Crippen LogP contribution in [0.5, 0.6) is 0 Å². The number of carbonyl (C=O) groups excluding carboxylic acids is 2. The van der Waals surface area contributed by atoms with Crippen LogP contribution in [0, 0.1) is 23.7 Å². The first-order chi connectivity index (χ1) is 16.6. The van der Waals surface area contributed by atoms with Gasteiger partial charge < -0.3 is 20.3 Å². The Morgan fingerprint density at radius 3 is 2.60 bits per heavy atom. The van der Waals surface area contributed by atoms with Gasteiger partial charge in [0, 0.05) is 45.8 Å². The molecule has 0 radical (unpaired) electrons. The average Bonchev–Trinajstić information content (AvgIpc) is 3.18. The van der Waals surface area contributed by atoms with Gasteiger partial charge in [-0.05, 0) is 30.6 Å². The lowest BCUT2D eigenvalue weighted by atomic mass is 9.77. The zero-order chi connectivity index (χ0) is 25.9. The fraction of sp³-hybridized carbons (Fsp3) is 0.760.